The number of benzene rings is 4. The van der Waals surface area contributed by atoms with Crippen LogP contribution in [0.4, 0.5) is 34.1 Å². The second-order valence-corrected chi connectivity index (χ2v) is 16.4. The Bertz CT molecular complexity index is 3100. The minimum atomic E-state index is -5.45. The Kier molecular flexibility index (Phi) is 18.2. The van der Waals surface area contributed by atoms with E-state index in [9.17, 15) is 64.0 Å². The standard InChI is InChI=1S/C35H26N8O15S3.3Na/c1-58-23-9-6-21(7-10-23)38-42-34-32(61(55,56)57)13-18-12-24(59(49,50)51)15-28(33(18)35(34)46)41-40-27-16-26(29(44)17-30(27)45)39-37-20-4-2-19(3-5-20)36-25-11-8-22(43(47)48)14-31(25)60(52,53)54;;;/h2-17,38-39,44-45H,1H3,(H,49,50,51)(H,52,53,54)(H,55,56,57);;;/q;3*+1/p-3. The summed E-state index contributed by atoms with van der Waals surface area (Å²) in [5.41, 5.74) is 0.917. The van der Waals surface area contributed by atoms with E-state index in [1.807, 2.05) is 0 Å². The first-order valence-electron chi connectivity index (χ1n) is 16.5. The number of nitro benzene ring substituents is 1. The van der Waals surface area contributed by atoms with Gasteiger partial charge in [0, 0.05) is 12.1 Å². The molecule has 0 bridgehead atoms. The van der Waals surface area contributed by atoms with Gasteiger partial charge in [0.25, 0.3) is 25.9 Å². The number of azo groups is 1. The van der Waals surface area contributed by atoms with Gasteiger partial charge in [-0.2, -0.15) is 32.2 Å². The Morgan fingerprint density at radius 3 is 1.92 bits per heavy atom. The van der Waals surface area contributed by atoms with Gasteiger partial charge in [0.2, 0.25) is 5.78 Å². The molecule has 0 spiro atoms. The second kappa shape index (κ2) is 21.7. The minimum absolute atomic E-state index is 0. The van der Waals surface area contributed by atoms with Gasteiger partial charge in [-0.3, -0.25) is 34.9 Å². The van der Waals surface area contributed by atoms with Gasteiger partial charge in [0.15, 0.2) is 0 Å². The van der Waals surface area contributed by atoms with E-state index in [4.69, 9.17) is 4.74 Å². The molecule has 0 aromatic heterocycles. The van der Waals surface area contributed by atoms with E-state index in [0.717, 1.165) is 18.2 Å². The number of carbonyl (C=O) groups is 1. The number of hydrogen-bond donors (Lipinski definition) is 4. The van der Waals surface area contributed by atoms with Crippen molar-refractivity contribution in [3.8, 4) is 17.2 Å². The van der Waals surface area contributed by atoms with Crippen LogP contribution in [0.25, 0.3) is 6.08 Å². The molecule has 0 amide bonds. The van der Waals surface area contributed by atoms with Crippen molar-refractivity contribution in [2.24, 2.45) is 25.4 Å². The number of ketones is 1. The van der Waals surface area contributed by atoms with Crippen molar-refractivity contribution in [1.82, 2.24) is 0 Å². The molecule has 0 aliphatic heterocycles. The first-order valence-corrected chi connectivity index (χ1v) is 20.8. The van der Waals surface area contributed by atoms with Crippen LogP contribution in [-0.4, -0.2) is 73.9 Å². The molecule has 314 valence electrons. The average molecular weight is 961 g/mol. The fraction of sp³-hybridized carbons (Fsp3) is 0.0286. The van der Waals surface area contributed by atoms with E-state index < -0.39 is 101 Å². The second-order valence-electron chi connectivity index (χ2n) is 12.2. The first-order chi connectivity index (χ1) is 28.6. The van der Waals surface area contributed by atoms with Gasteiger partial charge in [-0.05, 0) is 84.5 Å². The Morgan fingerprint density at radius 1 is 0.719 bits per heavy atom. The predicted molar refractivity (Wildman–Crippen MR) is 211 cm³/mol. The Hall–Kier alpha value is -4.49. The number of allylic oxidation sites excluding steroid dienone is 5. The van der Waals surface area contributed by atoms with Crippen LogP contribution in [0.5, 0.6) is 17.2 Å². The zero-order valence-corrected chi connectivity index (χ0v) is 41.8. The Labute approximate surface area is 428 Å². The van der Waals surface area contributed by atoms with Crippen molar-refractivity contribution in [3.63, 3.8) is 0 Å². The average Bonchev–Trinajstić information content (AvgIpc) is 3.19. The van der Waals surface area contributed by atoms with Gasteiger partial charge < -0.3 is 19.5 Å². The minimum Gasteiger partial charge on any atom is -0.871 e. The number of carbonyl (C=O) groups excluding carboxylic acids is 1. The maximum absolute atomic E-state index is 13.8. The summed E-state index contributed by atoms with van der Waals surface area (Å²) in [5.74, 6) is -2.69. The molecule has 0 atom stereocenters. The van der Waals surface area contributed by atoms with Gasteiger partial charge >= 0.3 is 88.7 Å². The summed E-state index contributed by atoms with van der Waals surface area (Å²) in [5, 5.41) is 52.0. The number of nitro groups is 1. The predicted octanol–water partition coefficient (Wildman–Crippen LogP) is -5.11. The van der Waals surface area contributed by atoms with Gasteiger partial charge in [-0.15, -0.1) is 5.11 Å². The van der Waals surface area contributed by atoms with Crippen LogP contribution in [0.1, 0.15) is 15.9 Å². The zero-order valence-electron chi connectivity index (χ0n) is 33.3. The van der Waals surface area contributed by atoms with Crippen LogP contribution >= 0.6 is 0 Å². The molecule has 6 rings (SSSR count). The third-order valence-electron chi connectivity index (χ3n) is 8.20. The van der Waals surface area contributed by atoms with Crippen molar-refractivity contribution >= 4 is 93.5 Å². The molecular weight excluding hydrogens is 938 g/mol. The normalized spacial score (nSPS) is 14.1. The van der Waals surface area contributed by atoms with Gasteiger partial charge in [-0.25, -0.2) is 13.4 Å². The molecule has 23 nitrogen and oxygen atoms in total. The van der Waals surface area contributed by atoms with Crippen LogP contribution in [0.3, 0.4) is 0 Å². The summed E-state index contributed by atoms with van der Waals surface area (Å²) in [7, 11) is -14.0. The smallest absolute Gasteiger partial charge is 0.871 e. The number of methoxy groups -OCH3 is 1. The fourth-order valence-electron chi connectivity index (χ4n) is 5.34. The molecule has 0 saturated carbocycles. The number of non-ortho nitro benzene ring substituents is 1. The molecule has 0 radical (unpaired) electrons. The van der Waals surface area contributed by atoms with Gasteiger partial charge in [-0.1, -0.05) is 17.6 Å². The van der Waals surface area contributed by atoms with Crippen LogP contribution < -0.4 is 114 Å². The van der Waals surface area contributed by atoms with E-state index in [-0.39, 0.29) is 117 Å². The van der Waals surface area contributed by atoms with Crippen molar-refractivity contribution in [1.29, 1.82) is 0 Å². The Balaban J connectivity index is 0.00000363. The molecule has 0 heterocycles. The zero-order chi connectivity index (χ0) is 44.4. The summed E-state index contributed by atoms with van der Waals surface area (Å²) < 4.78 is 109. The molecule has 4 aromatic rings. The monoisotopic (exact) mass is 960 g/mol. The molecule has 4 N–H and O–H groups in total. The summed E-state index contributed by atoms with van der Waals surface area (Å²) in [6, 6.07) is 11.4. The van der Waals surface area contributed by atoms with Crippen molar-refractivity contribution in [3.05, 3.63) is 117 Å². The quantitative estimate of drug-likeness (QED) is 0.0258. The largest absolute Gasteiger partial charge is 1.00 e. The van der Waals surface area contributed by atoms with Gasteiger partial charge in [0.1, 0.15) is 26.5 Å². The molecule has 2 aliphatic carbocycles. The molecule has 0 fully saturated rings. The summed E-state index contributed by atoms with van der Waals surface area (Å²) in [4.78, 5) is 25.3. The first kappa shape index (κ1) is 53.8. The number of hydrogen-bond acceptors (Lipinski definition) is 20. The number of hydrazone groups is 2. The van der Waals surface area contributed by atoms with E-state index >= 15 is 0 Å². The number of rotatable bonds is 12. The van der Waals surface area contributed by atoms with Crippen molar-refractivity contribution < 1.29 is 152 Å². The van der Waals surface area contributed by atoms with Crippen LogP contribution in [0, 0.1) is 10.1 Å². The van der Waals surface area contributed by atoms with Crippen molar-refractivity contribution in [2.45, 2.75) is 9.79 Å². The molecule has 2 aliphatic rings. The summed E-state index contributed by atoms with van der Waals surface area (Å²) in [6.45, 7) is 0. The molecule has 4 aromatic carbocycles. The summed E-state index contributed by atoms with van der Waals surface area (Å²) >= 11 is 0. The number of aliphatic imine (C=N–C) groups is 1. The maximum Gasteiger partial charge on any atom is 1.00 e. The topological polar surface area (TPSA) is 367 Å². The fourth-order valence-corrected chi connectivity index (χ4v) is 7.17. The van der Waals surface area contributed by atoms with E-state index in [0.29, 0.717) is 36.1 Å². The molecular formula is C35H23N8Na3O15S3. The van der Waals surface area contributed by atoms with Crippen LogP contribution in [0.2, 0.25) is 0 Å². The van der Waals surface area contributed by atoms with E-state index in [1.54, 1.807) is 0 Å². The summed E-state index contributed by atoms with van der Waals surface area (Å²) in [6.07, 6.45) is 6.02. The third-order valence-corrected chi connectivity index (χ3v) is 10.8. The number of Topliss-reactive ketones (excluding diaryl/α,β-unsaturated/α-hetero) is 1. The number of nitrogens with zero attached hydrogens (tertiary/aromatic N) is 6. The van der Waals surface area contributed by atoms with E-state index in [2.05, 4.69) is 36.3 Å². The Morgan fingerprint density at radius 2 is 1.34 bits per heavy atom. The number of nitrogens with one attached hydrogen (secondary N) is 2. The van der Waals surface area contributed by atoms with Crippen LogP contribution in [-0.2, 0) is 30.4 Å². The molecule has 0 unspecified atom stereocenters. The van der Waals surface area contributed by atoms with Gasteiger partial charge in [0.05, 0.1) is 67.3 Å². The molecule has 29 heteroatoms. The SMILES string of the molecule is COc1ccc(NN=C2C(=O)c3c(cc(S(=O)(=O)O)cc3N=Nc3cc(NN=C4C=CC(=Nc5ccc([N+](=O)[O-])cc5S(=O)(=O)O)C=C4)c([O-])cc3[O-])C=C2S(=O)(=O)[O-])cc1.[Na+].[Na+].[Na+]. The third kappa shape index (κ3) is 12.9. The maximum atomic E-state index is 13.8. The molecule has 0 saturated heterocycles. The number of ether oxygens (including phenoxy) is 1. The van der Waals surface area contributed by atoms with E-state index in [1.165, 1.54) is 55.7 Å². The van der Waals surface area contributed by atoms with Crippen LogP contribution in [0.15, 0.2) is 131 Å². The van der Waals surface area contributed by atoms with Crippen molar-refractivity contribution in [2.75, 3.05) is 18.0 Å². The number of anilines is 2. The number of fused-ring (bicyclic) bond motifs is 1. The molecule has 64 heavy (non-hydrogen) atoms.